The zero-order valence-corrected chi connectivity index (χ0v) is 5.75. The predicted octanol–water partition coefficient (Wildman–Crippen LogP) is 2.57. The Morgan fingerprint density at radius 2 is 2.00 bits per heavy atom. The molecule has 1 radical (unpaired) electrons. The molecule has 0 heteroatoms. The third kappa shape index (κ3) is 0.860. The highest BCUT2D eigenvalue weighted by Gasteiger charge is 2.05. The van der Waals surface area contributed by atoms with E-state index in [1.165, 1.54) is 11.1 Å². The zero-order chi connectivity index (χ0) is 6.81. The molecular weight excluding hydrogens is 120 g/mol. The number of hydrogen-bond acceptors (Lipinski definition) is 0. The molecule has 2 aliphatic carbocycles. The molecule has 0 saturated carbocycles. The first-order valence-electron chi connectivity index (χ1n) is 3.54. The van der Waals surface area contributed by atoms with Crippen LogP contribution in [-0.2, 0) is 0 Å². The third-order valence-corrected chi connectivity index (χ3v) is 1.80. The first kappa shape index (κ1) is 5.72. The fraction of sp³-hybridized carbons (Fsp3) is 0.100. The van der Waals surface area contributed by atoms with Crippen LogP contribution in [0.4, 0.5) is 0 Å². The Bertz CT molecular complexity index is 249. The summed E-state index contributed by atoms with van der Waals surface area (Å²) in [5.74, 6) is 0. The maximum atomic E-state index is 2.18. The molecule has 0 amide bonds. The summed E-state index contributed by atoms with van der Waals surface area (Å²) in [6.07, 6.45) is 16.0. The van der Waals surface area contributed by atoms with E-state index in [0.29, 0.717) is 0 Å². The van der Waals surface area contributed by atoms with Crippen LogP contribution in [-0.4, -0.2) is 0 Å². The first-order chi connectivity index (χ1) is 4.97. The van der Waals surface area contributed by atoms with Crippen LogP contribution in [0, 0.1) is 6.42 Å². The van der Waals surface area contributed by atoms with E-state index < -0.39 is 0 Å². The quantitative estimate of drug-likeness (QED) is 0.471. The second kappa shape index (κ2) is 2.30. The summed E-state index contributed by atoms with van der Waals surface area (Å²) >= 11 is 0. The van der Waals surface area contributed by atoms with Gasteiger partial charge >= 0.3 is 0 Å². The molecule has 0 aromatic carbocycles. The summed E-state index contributed by atoms with van der Waals surface area (Å²) in [6.45, 7) is 0. The minimum atomic E-state index is 1.08. The van der Waals surface area contributed by atoms with Crippen LogP contribution in [0.2, 0.25) is 0 Å². The molecule has 49 valence electrons. The summed E-state index contributed by atoms with van der Waals surface area (Å²) in [6, 6.07) is 0. The van der Waals surface area contributed by atoms with Gasteiger partial charge in [0, 0.05) is 0 Å². The van der Waals surface area contributed by atoms with E-state index in [2.05, 4.69) is 42.9 Å². The number of hydrogen-bond donors (Lipinski definition) is 0. The molecule has 2 aliphatic rings. The molecule has 0 bridgehead atoms. The molecular formula is C10H9. The average Bonchev–Trinajstić information content (AvgIpc) is 2.28. The lowest BCUT2D eigenvalue weighted by molar-refractivity contribution is 1.20. The number of rotatable bonds is 0. The van der Waals surface area contributed by atoms with Gasteiger partial charge in [0.05, 0.1) is 0 Å². The van der Waals surface area contributed by atoms with Crippen LogP contribution in [0.3, 0.4) is 0 Å². The maximum Gasteiger partial charge on any atom is -0.0123 e. The summed E-state index contributed by atoms with van der Waals surface area (Å²) in [5, 5.41) is 0. The first-order valence-corrected chi connectivity index (χ1v) is 3.54. The monoisotopic (exact) mass is 129 g/mol. The van der Waals surface area contributed by atoms with Gasteiger partial charge in [-0.25, -0.2) is 0 Å². The van der Waals surface area contributed by atoms with Gasteiger partial charge in [-0.3, -0.25) is 0 Å². The lowest BCUT2D eigenvalue weighted by atomic mass is 10.1. The SMILES string of the molecule is [CH]1C=CC=C2C=CC=C2C1. The van der Waals surface area contributed by atoms with Gasteiger partial charge < -0.3 is 0 Å². The largest absolute Gasteiger partial charge is 0.0805 e. The Morgan fingerprint density at radius 1 is 1.00 bits per heavy atom. The fourth-order valence-corrected chi connectivity index (χ4v) is 1.25. The summed E-state index contributed by atoms with van der Waals surface area (Å²) < 4.78 is 0. The van der Waals surface area contributed by atoms with Crippen LogP contribution < -0.4 is 0 Å². The molecule has 0 saturated heterocycles. The van der Waals surface area contributed by atoms with Crippen molar-refractivity contribution >= 4 is 0 Å². The minimum Gasteiger partial charge on any atom is -0.0805 e. The molecule has 0 aromatic heterocycles. The molecule has 0 atom stereocenters. The highest BCUT2D eigenvalue weighted by Crippen LogP contribution is 2.24. The van der Waals surface area contributed by atoms with E-state index in [9.17, 15) is 0 Å². The molecule has 0 unspecified atom stereocenters. The van der Waals surface area contributed by atoms with E-state index in [0.717, 1.165) is 6.42 Å². The van der Waals surface area contributed by atoms with Crippen molar-refractivity contribution in [2.24, 2.45) is 0 Å². The molecule has 0 aromatic rings. The van der Waals surface area contributed by atoms with Gasteiger partial charge in [0.2, 0.25) is 0 Å². The Labute approximate surface area is 61.3 Å². The van der Waals surface area contributed by atoms with Crippen LogP contribution >= 0.6 is 0 Å². The molecule has 0 nitrogen and oxygen atoms in total. The van der Waals surface area contributed by atoms with E-state index in [4.69, 9.17) is 0 Å². The van der Waals surface area contributed by atoms with Gasteiger partial charge in [0.1, 0.15) is 0 Å². The Morgan fingerprint density at radius 3 is 3.00 bits per heavy atom. The molecule has 0 aliphatic heterocycles. The second-order valence-corrected chi connectivity index (χ2v) is 2.50. The predicted molar refractivity (Wildman–Crippen MR) is 43.4 cm³/mol. The van der Waals surface area contributed by atoms with Gasteiger partial charge in [-0.1, -0.05) is 36.5 Å². The smallest absolute Gasteiger partial charge is 0.0123 e. The molecule has 0 spiro atoms. The van der Waals surface area contributed by atoms with E-state index in [1.807, 2.05) is 0 Å². The van der Waals surface area contributed by atoms with Crippen molar-refractivity contribution in [2.75, 3.05) is 0 Å². The van der Waals surface area contributed by atoms with Crippen molar-refractivity contribution in [1.29, 1.82) is 0 Å². The van der Waals surface area contributed by atoms with E-state index >= 15 is 0 Å². The van der Waals surface area contributed by atoms with Crippen LogP contribution in [0.5, 0.6) is 0 Å². The lowest BCUT2D eigenvalue weighted by Crippen LogP contribution is -1.79. The average molecular weight is 129 g/mol. The van der Waals surface area contributed by atoms with Gasteiger partial charge in [-0.15, -0.1) is 0 Å². The standard InChI is InChI=1S/C10H9/c1-2-5-9-7-4-8-10(9)6-3-1/h1-5,7-8H,6H2. The highest BCUT2D eigenvalue weighted by molar-refractivity contribution is 5.51. The van der Waals surface area contributed by atoms with Gasteiger partial charge in [-0.2, -0.15) is 0 Å². The van der Waals surface area contributed by atoms with Crippen molar-refractivity contribution in [3.8, 4) is 0 Å². The van der Waals surface area contributed by atoms with Crippen molar-refractivity contribution < 1.29 is 0 Å². The number of allylic oxidation sites excluding steroid dienone is 8. The van der Waals surface area contributed by atoms with Crippen molar-refractivity contribution in [2.45, 2.75) is 6.42 Å². The Balaban J connectivity index is 2.36. The summed E-state index contributed by atoms with van der Waals surface area (Å²) in [5.41, 5.74) is 2.80. The summed E-state index contributed by atoms with van der Waals surface area (Å²) in [7, 11) is 0. The van der Waals surface area contributed by atoms with Gasteiger partial charge in [0.15, 0.2) is 0 Å². The second-order valence-electron chi connectivity index (χ2n) is 2.50. The normalized spacial score (nSPS) is 21.6. The minimum absolute atomic E-state index is 1.08. The van der Waals surface area contributed by atoms with Crippen LogP contribution in [0.1, 0.15) is 6.42 Å². The number of fused-ring (bicyclic) bond motifs is 1. The van der Waals surface area contributed by atoms with Crippen molar-refractivity contribution in [3.63, 3.8) is 0 Å². The highest BCUT2D eigenvalue weighted by atomic mass is 14.1. The molecule has 10 heavy (non-hydrogen) atoms. The van der Waals surface area contributed by atoms with Crippen molar-refractivity contribution in [1.82, 2.24) is 0 Å². The summed E-state index contributed by atoms with van der Waals surface area (Å²) in [4.78, 5) is 0. The lowest BCUT2D eigenvalue weighted by Gasteiger charge is -1.97. The van der Waals surface area contributed by atoms with E-state index in [-0.39, 0.29) is 0 Å². The van der Waals surface area contributed by atoms with Crippen LogP contribution in [0.25, 0.3) is 0 Å². The third-order valence-electron chi connectivity index (χ3n) is 1.80. The molecule has 0 heterocycles. The Hall–Kier alpha value is -1.04. The van der Waals surface area contributed by atoms with Crippen LogP contribution in [0.15, 0.2) is 47.6 Å². The maximum absolute atomic E-state index is 2.18. The topological polar surface area (TPSA) is 0 Å². The fourth-order valence-electron chi connectivity index (χ4n) is 1.25. The Kier molecular flexibility index (Phi) is 1.31. The van der Waals surface area contributed by atoms with Gasteiger partial charge in [-0.05, 0) is 24.0 Å². The van der Waals surface area contributed by atoms with Crippen molar-refractivity contribution in [3.05, 3.63) is 54.0 Å². The van der Waals surface area contributed by atoms with E-state index in [1.54, 1.807) is 0 Å². The molecule has 0 N–H and O–H groups in total. The van der Waals surface area contributed by atoms with Gasteiger partial charge in [0.25, 0.3) is 0 Å². The molecule has 0 fully saturated rings. The zero-order valence-electron chi connectivity index (χ0n) is 5.75. The molecule has 2 rings (SSSR count).